The van der Waals surface area contributed by atoms with Crippen molar-refractivity contribution in [1.82, 2.24) is 16.6 Å². The molecule has 228 valence electrons. The number of rotatable bonds is 12. The Morgan fingerprint density at radius 1 is 0.703 bits per heavy atom. The van der Waals surface area contributed by atoms with Crippen LogP contribution >= 0.6 is 7.82 Å². The normalized spacial score (nSPS) is 15.3. The molecule has 0 rings (SSSR count). The number of hydrogen-bond acceptors (Lipinski definition) is 6. The number of nitrogens with zero attached hydrogens (tertiary/aromatic N) is 1. The highest BCUT2D eigenvalue weighted by Crippen LogP contribution is 2.63. The van der Waals surface area contributed by atoms with Gasteiger partial charge in [0.05, 0.1) is 14.4 Å². The minimum absolute atomic E-state index is 0. The molecule has 0 aliphatic carbocycles. The molecule has 0 aliphatic rings. The standard InChI is InChI=1S/C11H11F15NO6PS.2H3N/c1-2-27(3-4-33-34(28,29)30)35(31,32)11(25,26)9(20,21)7(16,17)5(12,13)6(14,15)8(18,19)10(22,23)24;;/h2-4H2,1H3,(H2,28,29,30);2*1H3. The number of quaternary nitrogens is 2. The highest BCUT2D eigenvalue weighted by molar-refractivity contribution is 7.90. The summed E-state index contributed by atoms with van der Waals surface area (Å²) in [5, 5.41) is -7.65. The van der Waals surface area contributed by atoms with Crippen LogP contribution in [-0.4, -0.2) is 73.5 Å². The van der Waals surface area contributed by atoms with Crippen LogP contribution in [0.3, 0.4) is 0 Å². The lowest BCUT2D eigenvalue weighted by Crippen LogP contribution is -2.73. The van der Waals surface area contributed by atoms with Crippen molar-refractivity contribution >= 4 is 17.8 Å². The smallest absolute Gasteiger partial charge is 0.460 e. The van der Waals surface area contributed by atoms with E-state index in [9.17, 15) is 88.6 Å². The van der Waals surface area contributed by atoms with E-state index in [1.54, 1.807) is 0 Å². The SMILES string of the molecule is CCN(CCOP(=O)([O-])[O-])S(=O)(=O)C(F)(F)C(F)(F)C(F)(F)C(F)(F)C(F)(F)C(F)(F)C(F)(F)F.[NH4+].[NH4+]. The molecule has 0 aromatic heterocycles. The molecule has 0 heterocycles. The average molecular weight is 635 g/mol. The zero-order valence-corrected chi connectivity index (χ0v) is 19.8. The van der Waals surface area contributed by atoms with Gasteiger partial charge < -0.3 is 31.2 Å². The molecule has 0 bridgehead atoms. The minimum atomic E-state index is -8.68. The van der Waals surface area contributed by atoms with Gasteiger partial charge in [0.15, 0.2) is 0 Å². The maximum absolute atomic E-state index is 14.0. The van der Waals surface area contributed by atoms with E-state index in [2.05, 4.69) is 4.52 Å². The summed E-state index contributed by atoms with van der Waals surface area (Å²) in [5.41, 5.74) is 0. The molecule has 0 amide bonds. The first-order chi connectivity index (χ1) is 14.9. The molecule has 0 saturated heterocycles. The summed E-state index contributed by atoms with van der Waals surface area (Å²) >= 11 is 0. The Morgan fingerprint density at radius 2 is 1.03 bits per heavy atom. The number of likely N-dealkylation sites (N-methyl/N-ethyl adjacent to an activating group) is 1. The Hall–Kier alpha value is -1.11. The van der Waals surface area contributed by atoms with E-state index in [1.165, 1.54) is 0 Å². The third kappa shape index (κ3) is 6.38. The van der Waals surface area contributed by atoms with Gasteiger partial charge in [0.25, 0.3) is 10.0 Å². The Kier molecular flexibility index (Phi) is 12.2. The molecule has 0 saturated carbocycles. The number of phosphoric acid groups is 1. The molecule has 0 aromatic rings. The highest BCUT2D eigenvalue weighted by atomic mass is 32.2. The number of halogens is 15. The van der Waals surface area contributed by atoms with E-state index < -0.39 is 82.9 Å². The Labute approximate surface area is 196 Å². The second-order valence-corrected chi connectivity index (χ2v) is 9.30. The summed E-state index contributed by atoms with van der Waals surface area (Å²) in [5.74, 6) is -42.4. The van der Waals surface area contributed by atoms with Gasteiger partial charge in [0.2, 0.25) is 0 Å². The van der Waals surface area contributed by atoms with Crippen LogP contribution in [0.15, 0.2) is 0 Å². The third-order valence-electron chi connectivity index (χ3n) is 3.91. The summed E-state index contributed by atoms with van der Waals surface area (Å²) < 4.78 is 233. The van der Waals surface area contributed by atoms with Crippen molar-refractivity contribution in [2.45, 2.75) is 48.0 Å². The van der Waals surface area contributed by atoms with Crippen molar-refractivity contribution < 1.29 is 93.1 Å². The molecule has 0 radical (unpaired) electrons. The van der Waals surface area contributed by atoms with Gasteiger partial charge in [-0.3, -0.25) is 0 Å². The molecule has 0 atom stereocenters. The van der Waals surface area contributed by atoms with E-state index in [4.69, 9.17) is 0 Å². The summed E-state index contributed by atoms with van der Waals surface area (Å²) in [7, 11) is -13.4. The molecule has 0 aliphatic heterocycles. The molecule has 0 spiro atoms. The predicted molar refractivity (Wildman–Crippen MR) is 87.4 cm³/mol. The monoisotopic (exact) mass is 635 g/mol. The summed E-state index contributed by atoms with van der Waals surface area (Å²) in [4.78, 5) is 20.4. The van der Waals surface area contributed by atoms with Gasteiger partial charge in [-0.15, -0.1) is 0 Å². The van der Waals surface area contributed by atoms with Gasteiger partial charge in [-0.2, -0.15) is 70.2 Å². The van der Waals surface area contributed by atoms with Crippen molar-refractivity contribution in [3.05, 3.63) is 0 Å². The van der Waals surface area contributed by atoms with E-state index >= 15 is 0 Å². The van der Waals surface area contributed by atoms with Crippen LogP contribution in [0.4, 0.5) is 65.9 Å². The molecule has 9 nitrogen and oxygen atoms in total. The number of alkyl halides is 15. The average Bonchev–Trinajstić information content (AvgIpc) is 2.62. The quantitative estimate of drug-likeness (QED) is 0.244. The molecule has 26 heteroatoms. The second-order valence-electron chi connectivity index (χ2n) is 6.16. The van der Waals surface area contributed by atoms with Crippen LogP contribution in [0.5, 0.6) is 0 Å². The van der Waals surface area contributed by atoms with Crippen molar-refractivity contribution in [3.63, 3.8) is 0 Å². The molecule has 0 aromatic carbocycles. The van der Waals surface area contributed by atoms with Gasteiger partial charge in [0.1, 0.15) is 0 Å². The van der Waals surface area contributed by atoms with Crippen LogP contribution in [0.2, 0.25) is 0 Å². The Bertz CT molecular complexity index is 923. The fourth-order valence-corrected chi connectivity index (χ4v) is 3.72. The van der Waals surface area contributed by atoms with Crippen LogP contribution in [0, 0.1) is 0 Å². The van der Waals surface area contributed by atoms with Crippen LogP contribution in [0.25, 0.3) is 0 Å². The van der Waals surface area contributed by atoms with E-state index in [-0.39, 0.29) is 12.3 Å². The fraction of sp³-hybridized carbons (Fsp3) is 1.00. The lowest BCUT2D eigenvalue weighted by Gasteiger charge is -2.41. The number of phosphoric ester groups is 1. The van der Waals surface area contributed by atoms with E-state index in [0.717, 1.165) is 0 Å². The summed E-state index contributed by atoms with van der Waals surface area (Å²) in [6.45, 7) is -4.72. The van der Waals surface area contributed by atoms with E-state index in [1.807, 2.05) is 0 Å². The first-order valence-corrected chi connectivity index (χ1v) is 10.8. The lowest BCUT2D eigenvalue weighted by atomic mass is 9.94. The van der Waals surface area contributed by atoms with Gasteiger partial charge >= 0.3 is 41.0 Å². The maximum Gasteiger partial charge on any atom is 0.460 e. The van der Waals surface area contributed by atoms with Gasteiger partial charge in [-0.1, -0.05) is 6.92 Å². The topological polar surface area (TPSA) is 183 Å². The van der Waals surface area contributed by atoms with Crippen molar-refractivity contribution in [1.29, 1.82) is 0 Å². The van der Waals surface area contributed by atoms with Crippen LogP contribution in [0.1, 0.15) is 6.92 Å². The van der Waals surface area contributed by atoms with Crippen LogP contribution < -0.4 is 22.1 Å². The summed E-state index contributed by atoms with van der Waals surface area (Å²) in [6, 6.07) is 0. The van der Waals surface area contributed by atoms with Gasteiger partial charge in [-0.25, -0.2) is 8.42 Å². The first-order valence-electron chi connectivity index (χ1n) is 7.91. The minimum Gasteiger partial charge on any atom is -0.790 e. The molecular weight excluding hydrogens is 618 g/mol. The van der Waals surface area contributed by atoms with Gasteiger partial charge in [-0.05, 0) is 0 Å². The summed E-state index contributed by atoms with van der Waals surface area (Å²) in [6.07, 6.45) is -7.82. The molecule has 0 unspecified atom stereocenters. The molecular formula is C11H17F15N3O6PS. The highest BCUT2D eigenvalue weighted by Gasteiger charge is 2.94. The van der Waals surface area contributed by atoms with Crippen molar-refractivity contribution in [3.8, 4) is 0 Å². The lowest BCUT2D eigenvalue weighted by molar-refractivity contribution is -0.447. The number of sulfonamides is 1. The molecule has 37 heavy (non-hydrogen) atoms. The Balaban J connectivity index is -0.00000578. The predicted octanol–water partition coefficient (Wildman–Crippen LogP) is 3.57. The van der Waals surface area contributed by atoms with Crippen molar-refractivity contribution in [2.75, 3.05) is 19.7 Å². The largest absolute Gasteiger partial charge is 0.790 e. The second kappa shape index (κ2) is 11.2. The molecule has 8 N–H and O–H groups in total. The Morgan fingerprint density at radius 3 is 1.32 bits per heavy atom. The fourth-order valence-electron chi connectivity index (χ4n) is 1.98. The van der Waals surface area contributed by atoms with Crippen LogP contribution in [-0.2, 0) is 19.1 Å². The third-order valence-corrected chi connectivity index (χ3v) is 6.43. The van der Waals surface area contributed by atoms with Gasteiger partial charge in [0, 0.05) is 13.1 Å². The zero-order valence-electron chi connectivity index (χ0n) is 18.0. The van der Waals surface area contributed by atoms with E-state index in [0.29, 0.717) is 6.92 Å². The molecule has 0 fully saturated rings. The first kappa shape index (κ1) is 40.4. The van der Waals surface area contributed by atoms with Crippen molar-refractivity contribution in [2.24, 2.45) is 0 Å². The number of hydrogen-bond donors (Lipinski definition) is 2. The maximum atomic E-state index is 14.0. The zero-order chi connectivity index (χ0) is 28.9.